The Hall–Kier alpha value is -1.88. The maximum absolute atomic E-state index is 5.81. The molecule has 1 heterocycles. The van der Waals surface area contributed by atoms with Crippen LogP contribution in [-0.4, -0.2) is 14.8 Å². The Balaban J connectivity index is 2.29. The number of aromatic nitrogens is 2. The third-order valence-electron chi connectivity index (χ3n) is 2.74. The van der Waals surface area contributed by atoms with Gasteiger partial charge in [-0.15, -0.1) is 0 Å². The summed E-state index contributed by atoms with van der Waals surface area (Å²) in [7, 11) is 0. The van der Waals surface area contributed by atoms with Gasteiger partial charge in [0.05, 0.1) is 18.0 Å². The quantitative estimate of drug-likeness (QED) is 0.871. The van der Waals surface area contributed by atoms with Crippen LogP contribution in [0.2, 0.25) is 0 Å². The van der Waals surface area contributed by atoms with Gasteiger partial charge in [-0.1, -0.05) is 23.8 Å². The zero-order valence-corrected chi connectivity index (χ0v) is 12.1. The SMILES string of the molecule is Cc1ccc(Oc2cnn(C(C)C)c2)c(C(N)=S)c1. The molecule has 1 aromatic carbocycles. The molecule has 0 amide bonds. The molecule has 0 bridgehead atoms. The van der Waals surface area contributed by atoms with Crippen LogP contribution in [0.5, 0.6) is 11.5 Å². The third-order valence-corrected chi connectivity index (χ3v) is 2.96. The van der Waals surface area contributed by atoms with Crippen LogP contribution < -0.4 is 10.5 Å². The Morgan fingerprint density at radius 2 is 2.16 bits per heavy atom. The molecule has 0 unspecified atom stereocenters. The lowest BCUT2D eigenvalue weighted by atomic mass is 10.1. The monoisotopic (exact) mass is 275 g/mol. The summed E-state index contributed by atoms with van der Waals surface area (Å²) in [5.74, 6) is 1.33. The molecule has 0 radical (unpaired) electrons. The van der Waals surface area contributed by atoms with Crippen LogP contribution in [0.15, 0.2) is 30.6 Å². The van der Waals surface area contributed by atoms with Crippen molar-refractivity contribution in [2.45, 2.75) is 26.8 Å². The molecule has 0 saturated carbocycles. The number of benzene rings is 1. The molecule has 0 aliphatic heterocycles. The van der Waals surface area contributed by atoms with Crippen LogP contribution in [0.1, 0.15) is 31.0 Å². The second-order valence-corrected chi connectivity index (χ2v) is 5.16. The summed E-state index contributed by atoms with van der Waals surface area (Å²) in [5.41, 5.74) is 7.55. The van der Waals surface area contributed by atoms with E-state index in [1.54, 1.807) is 6.20 Å². The Morgan fingerprint density at radius 3 is 2.74 bits per heavy atom. The first-order valence-corrected chi connectivity index (χ1v) is 6.50. The predicted octanol–water partition coefficient (Wildman–Crippen LogP) is 3.20. The standard InChI is InChI=1S/C14H17N3OS/c1-9(2)17-8-11(7-16-17)18-13-5-4-10(3)6-12(13)14(15)19/h4-9H,1-3H3,(H2,15,19). The summed E-state index contributed by atoms with van der Waals surface area (Å²) in [6.45, 7) is 6.11. The predicted molar refractivity (Wildman–Crippen MR) is 79.8 cm³/mol. The molecule has 2 aromatic rings. The lowest BCUT2D eigenvalue weighted by Crippen LogP contribution is -2.11. The minimum atomic E-state index is 0.297. The van der Waals surface area contributed by atoms with Crippen LogP contribution in [0.25, 0.3) is 0 Å². The molecular weight excluding hydrogens is 258 g/mol. The van der Waals surface area contributed by atoms with Crippen molar-refractivity contribution in [3.05, 3.63) is 41.7 Å². The molecule has 1 aromatic heterocycles. The van der Waals surface area contributed by atoms with Gasteiger partial charge >= 0.3 is 0 Å². The maximum Gasteiger partial charge on any atom is 0.165 e. The van der Waals surface area contributed by atoms with Gasteiger partial charge in [0.1, 0.15) is 10.7 Å². The van der Waals surface area contributed by atoms with E-state index < -0.39 is 0 Å². The van der Waals surface area contributed by atoms with E-state index in [1.807, 2.05) is 36.0 Å². The number of nitrogens with two attached hydrogens (primary N) is 1. The van der Waals surface area contributed by atoms with E-state index in [0.717, 1.165) is 11.1 Å². The van der Waals surface area contributed by atoms with Crippen LogP contribution in [0.4, 0.5) is 0 Å². The van der Waals surface area contributed by atoms with Crippen LogP contribution in [-0.2, 0) is 0 Å². The highest BCUT2D eigenvalue weighted by Crippen LogP contribution is 2.26. The number of hydrogen-bond donors (Lipinski definition) is 1. The fraction of sp³-hybridized carbons (Fsp3) is 0.286. The zero-order chi connectivity index (χ0) is 14.0. The lowest BCUT2D eigenvalue weighted by molar-refractivity contribution is 0.476. The summed E-state index contributed by atoms with van der Waals surface area (Å²) in [6, 6.07) is 6.05. The van der Waals surface area contributed by atoms with Crippen molar-refractivity contribution < 1.29 is 4.74 Å². The van der Waals surface area contributed by atoms with Crippen molar-refractivity contribution in [1.29, 1.82) is 0 Å². The van der Waals surface area contributed by atoms with Gasteiger partial charge in [0, 0.05) is 6.04 Å². The molecular formula is C14H17N3OS. The number of nitrogens with zero attached hydrogens (tertiary/aromatic N) is 2. The largest absolute Gasteiger partial charge is 0.453 e. The van der Waals surface area contributed by atoms with Crippen LogP contribution in [0, 0.1) is 6.92 Å². The first-order valence-electron chi connectivity index (χ1n) is 6.10. The summed E-state index contributed by atoms with van der Waals surface area (Å²) in [6.07, 6.45) is 3.54. The van der Waals surface area contributed by atoms with Gasteiger partial charge in [-0.05, 0) is 32.9 Å². The third kappa shape index (κ3) is 3.12. The number of thiocarbonyl (C=S) groups is 1. The molecule has 4 nitrogen and oxygen atoms in total. The van der Waals surface area contributed by atoms with Crippen molar-refractivity contribution in [2.24, 2.45) is 5.73 Å². The number of aryl methyl sites for hydroxylation is 1. The van der Waals surface area contributed by atoms with E-state index in [2.05, 4.69) is 18.9 Å². The highest BCUT2D eigenvalue weighted by atomic mass is 32.1. The summed E-state index contributed by atoms with van der Waals surface area (Å²) >= 11 is 5.05. The van der Waals surface area contributed by atoms with Crippen molar-refractivity contribution >= 4 is 17.2 Å². The van der Waals surface area contributed by atoms with E-state index >= 15 is 0 Å². The smallest absolute Gasteiger partial charge is 0.165 e. The lowest BCUT2D eigenvalue weighted by Gasteiger charge is -2.09. The minimum absolute atomic E-state index is 0.297. The Bertz CT molecular complexity index is 604. The number of ether oxygens (including phenoxy) is 1. The van der Waals surface area contributed by atoms with Gasteiger partial charge in [-0.25, -0.2) is 0 Å². The molecule has 0 saturated heterocycles. The fourth-order valence-corrected chi connectivity index (χ4v) is 1.87. The Labute approximate surface area is 118 Å². The van der Waals surface area contributed by atoms with Crippen molar-refractivity contribution in [3.63, 3.8) is 0 Å². The fourth-order valence-electron chi connectivity index (χ4n) is 1.71. The molecule has 19 heavy (non-hydrogen) atoms. The summed E-state index contributed by atoms with van der Waals surface area (Å²) < 4.78 is 7.64. The molecule has 0 atom stereocenters. The molecule has 0 fully saturated rings. The zero-order valence-electron chi connectivity index (χ0n) is 11.3. The second-order valence-electron chi connectivity index (χ2n) is 4.72. The van der Waals surface area contributed by atoms with E-state index in [4.69, 9.17) is 22.7 Å². The Kier molecular flexibility index (Phi) is 3.85. The molecule has 2 N–H and O–H groups in total. The van der Waals surface area contributed by atoms with Gasteiger partial charge in [-0.3, -0.25) is 4.68 Å². The van der Waals surface area contributed by atoms with E-state index in [-0.39, 0.29) is 0 Å². The average molecular weight is 275 g/mol. The molecule has 5 heteroatoms. The van der Waals surface area contributed by atoms with E-state index in [9.17, 15) is 0 Å². The van der Waals surface area contributed by atoms with Crippen LogP contribution in [0.3, 0.4) is 0 Å². The van der Waals surface area contributed by atoms with Crippen molar-refractivity contribution in [2.75, 3.05) is 0 Å². The van der Waals surface area contributed by atoms with E-state index in [0.29, 0.717) is 22.5 Å². The minimum Gasteiger partial charge on any atom is -0.453 e. The second kappa shape index (κ2) is 5.40. The molecule has 0 aliphatic rings. The van der Waals surface area contributed by atoms with Crippen LogP contribution >= 0.6 is 12.2 Å². The van der Waals surface area contributed by atoms with Gasteiger partial charge < -0.3 is 10.5 Å². The van der Waals surface area contributed by atoms with Crippen molar-refractivity contribution in [1.82, 2.24) is 9.78 Å². The molecule has 2 rings (SSSR count). The molecule has 0 spiro atoms. The summed E-state index contributed by atoms with van der Waals surface area (Å²) in [5, 5.41) is 4.23. The number of hydrogen-bond acceptors (Lipinski definition) is 3. The first-order chi connectivity index (χ1) is 8.97. The summed E-state index contributed by atoms with van der Waals surface area (Å²) in [4.78, 5) is 0.329. The highest BCUT2D eigenvalue weighted by molar-refractivity contribution is 7.80. The highest BCUT2D eigenvalue weighted by Gasteiger charge is 2.10. The van der Waals surface area contributed by atoms with Gasteiger partial charge in [-0.2, -0.15) is 5.10 Å². The average Bonchev–Trinajstić information content (AvgIpc) is 2.80. The van der Waals surface area contributed by atoms with Gasteiger partial charge in [0.25, 0.3) is 0 Å². The molecule has 0 aliphatic carbocycles. The Morgan fingerprint density at radius 1 is 1.42 bits per heavy atom. The van der Waals surface area contributed by atoms with Gasteiger partial charge in [0.2, 0.25) is 0 Å². The topological polar surface area (TPSA) is 53.1 Å². The number of rotatable bonds is 4. The van der Waals surface area contributed by atoms with Crippen molar-refractivity contribution in [3.8, 4) is 11.5 Å². The normalized spacial score (nSPS) is 10.7. The molecule has 100 valence electrons. The van der Waals surface area contributed by atoms with E-state index in [1.165, 1.54) is 0 Å². The van der Waals surface area contributed by atoms with Gasteiger partial charge in [0.15, 0.2) is 5.75 Å². The maximum atomic E-state index is 5.81. The first kappa shape index (κ1) is 13.5.